The minimum absolute atomic E-state index is 0.0909. The third kappa shape index (κ3) is 2.68. The number of ether oxygens (including phenoxy) is 3. The highest BCUT2D eigenvalue weighted by Gasteiger charge is 2.37. The molecule has 1 N–H and O–H groups in total. The van der Waals surface area contributed by atoms with Crippen molar-refractivity contribution in [1.82, 2.24) is 4.90 Å². The van der Waals surface area contributed by atoms with Crippen LogP contribution in [0.25, 0.3) is 0 Å². The van der Waals surface area contributed by atoms with Gasteiger partial charge in [-0.2, -0.15) is 0 Å². The van der Waals surface area contributed by atoms with Gasteiger partial charge in [-0.1, -0.05) is 18.2 Å². The van der Waals surface area contributed by atoms with E-state index in [9.17, 15) is 4.79 Å². The fraction of sp³-hybridized carbons (Fsp3) is 0.316. The molecular weight excluding hydrogens is 320 g/mol. The molecule has 2 heterocycles. The molecule has 1 amide bonds. The molecular formula is C19H20N2O4. The Balaban J connectivity index is 1.76. The number of carbonyl (C=O) groups excluding carboxylic acids is 1. The zero-order chi connectivity index (χ0) is 17.4. The van der Waals surface area contributed by atoms with Crippen LogP contribution >= 0.6 is 0 Å². The smallest absolute Gasteiger partial charge is 0.246 e. The zero-order valence-corrected chi connectivity index (χ0v) is 14.2. The summed E-state index contributed by atoms with van der Waals surface area (Å²) in [6, 6.07) is 11.0. The number of amides is 1. The van der Waals surface area contributed by atoms with Crippen molar-refractivity contribution in [3.63, 3.8) is 0 Å². The molecule has 2 aromatic rings. The van der Waals surface area contributed by atoms with Crippen LogP contribution in [0.4, 0.5) is 5.69 Å². The lowest BCUT2D eigenvalue weighted by molar-refractivity contribution is -0.121. The van der Waals surface area contributed by atoms with Crippen LogP contribution in [0, 0.1) is 0 Å². The predicted octanol–water partition coefficient (Wildman–Crippen LogP) is 2.59. The number of para-hydroxylation sites is 1. The second kappa shape index (κ2) is 6.29. The van der Waals surface area contributed by atoms with E-state index in [2.05, 4.69) is 5.32 Å². The van der Waals surface area contributed by atoms with E-state index in [1.165, 1.54) is 0 Å². The topological polar surface area (TPSA) is 60.0 Å². The Labute approximate surface area is 146 Å². The van der Waals surface area contributed by atoms with Gasteiger partial charge in [0.15, 0.2) is 11.5 Å². The molecule has 0 aromatic heterocycles. The monoisotopic (exact) mass is 340 g/mol. The van der Waals surface area contributed by atoms with E-state index >= 15 is 0 Å². The highest BCUT2D eigenvalue weighted by atomic mass is 16.7. The molecule has 0 saturated heterocycles. The van der Waals surface area contributed by atoms with Gasteiger partial charge in [0.05, 0.1) is 7.11 Å². The number of anilines is 1. The first-order valence-electron chi connectivity index (χ1n) is 8.24. The SMILES string of the molecule is COc1c2c(cc3c1[C@H](C(=O)Nc1ccccc1)N(C)CC3)OCO2. The maximum Gasteiger partial charge on any atom is 0.246 e. The molecule has 25 heavy (non-hydrogen) atoms. The quantitative estimate of drug-likeness (QED) is 0.931. The van der Waals surface area contributed by atoms with Gasteiger partial charge in [-0.15, -0.1) is 0 Å². The third-order valence-corrected chi connectivity index (χ3v) is 4.69. The summed E-state index contributed by atoms with van der Waals surface area (Å²) in [5.41, 5.74) is 2.69. The van der Waals surface area contributed by atoms with Gasteiger partial charge in [0.2, 0.25) is 18.4 Å². The maximum atomic E-state index is 13.0. The van der Waals surface area contributed by atoms with Crippen molar-refractivity contribution in [3.8, 4) is 17.2 Å². The fourth-order valence-electron chi connectivity index (χ4n) is 3.50. The Morgan fingerprint density at radius 2 is 2.08 bits per heavy atom. The Morgan fingerprint density at radius 1 is 1.28 bits per heavy atom. The van der Waals surface area contributed by atoms with E-state index in [0.29, 0.717) is 17.2 Å². The number of nitrogens with one attached hydrogen (secondary N) is 1. The van der Waals surface area contributed by atoms with Crippen LogP contribution in [-0.2, 0) is 11.2 Å². The summed E-state index contributed by atoms with van der Waals surface area (Å²) < 4.78 is 16.7. The van der Waals surface area contributed by atoms with E-state index < -0.39 is 6.04 Å². The van der Waals surface area contributed by atoms with Crippen LogP contribution in [-0.4, -0.2) is 38.3 Å². The molecule has 0 radical (unpaired) electrons. The molecule has 0 bridgehead atoms. The Hall–Kier alpha value is -2.73. The second-order valence-electron chi connectivity index (χ2n) is 6.20. The number of hydrogen-bond donors (Lipinski definition) is 1. The van der Waals surface area contributed by atoms with Crippen LogP contribution in [0.2, 0.25) is 0 Å². The van der Waals surface area contributed by atoms with Crippen molar-refractivity contribution >= 4 is 11.6 Å². The molecule has 2 aromatic carbocycles. The van der Waals surface area contributed by atoms with E-state index in [0.717, 1.165) is 29.8 Å². The Kier molecular flexibility index (Phi) is 3.97. The summed E-state index contributed by atoms with van der Waals surface area (Å²) in [5, 5.41) is 2.99. The largest absolute Gasteiger partial charge is 0.492 e. The average molecular weight is 340 g/mol. The Bertz CT molecular complexity index is 807. The number of nitrogens with zero attached hydrogens (tertiary/aromatic N) is 1. The van der Waals surface area contributed by atoms with Crippen molar-refractivity contribution in [2.24, 2.45) is 0 Å². The average Bonchev–Trinajstić information content (AvgIpc) is 3.08. The second-order valence-corrected chi connectivity index (χ2v) is 6.20. The lowest BCUT2D eigenvalue weighted by Gasteiger charge is -2.34. The van der Waals surface area contributed by atoms with Gasteiger partial charge < -0.3 is 19.5 Å². The minimum Gasteiger partial charge on any atom is -0.492 e. The maximum absolute atomic E-state index is 13.0. The Morgan fingerprint density at radius 3 is 2.84 bits per heavy atom. The first-order valence-corrected chi connectivity index (χ1v) is 8.24. The summed E-state index contributed by atoms with van der Waals surface area (Å²) in [6.07, 6.45) is 0.827. The molecule has 0 unspecified atom stereocenters. The number of carbonyl (C=O) groups is 1. The van der Waals surface area contributed by atoms with Crippen LogP contribution in [0.5, 0.6) is 17.2 Å². The van der Waals surface area contributed by atoms with Crippen LogP contribution in [0.1, 0.15) is 17.2 Å². The standard InChI is InChI=1S/C19H20N2O4/c1-21-9-8-12-10-14-17(25-11-24-14)18(23-2)15(12)16(21)19(22)20-13-6-4-3-5-7-13/h3-7,10,16H,8-9,11H2,1-2H3,(H,20,22)/t16-/m1/s1. The van der Waals surface area contributed by atoms with E-state index in [4.69, 9.17) is 14.2 Å². The lowest BCUT2D eigenvalue weighted by Crippen LogP contribution is -2.39. The van der Waals surface area contributed by atoms with E-state index in [1.807, 2.05) is 48.3 Å². The molecule has 0 saturated carbocycles. The lowest BCUT2D eigenvalue weighted by atomic mass is 9.90. The van der Waals surface area contributed by atoms with Crippen molar-refractivity contribution in [2.75, 3.05) is 32.8 Å². The summed E-state index contributed by atoms with van der Waals surface area (Å²) in [6.45, 7) is 0.952. The number of hydrogen-bond acceptors (Lipinski definition) is 5. The van der Waals surface area contributed by atoms with Crippen LogP contribution in [0.15, 0.2) is 36.4 Å². The van der Waals surface area contributed by atoms with E-state index in [-0.39, 0.29) is 12.7 Å². The molecule has 2 aliphatic rings. The van der Waals surface area contributed by atoms with E-state index in [1.54, 1.807) is 7.11 Å². The fourth-order valence-corrected chi connectivity index (χ4v) is 3.50. The van der Waals surface area contributed by atoms with Gasteiger partial charge >= 0.3 is 0 Å². The highest BCUT2D eigenvalue weighted by Crippen LogP contribution is 2.49. The molecule has 4 rings (SSSR count). The van der Waals surface area contributed by atoms with Gasteiger partial charge in [0.1, 0.15) is 6.04 Å². The van der Waals surface area contributed by atoms with Crippen molar-refractivity contribution < 1.29 is 19.0 Å². The predicted molar refractivity (Wildman–Crippen MR) is 93.3 cm³/mol. The molecule has 2 aliphatic heterocycles. The summed E-state index contributed by atoms with van der Waals surface area (Å²) in [4.78, 5) is 15.1. The third-order valence-electron chi connectivity index (χ3n) is 4.69. The molecule has 6 heteroatoms. The molecule has 0 aliphatic carbocycles. The summed E-state index contributed by atoms with van der Waals surface area (Å²) >= 11 is 0. The van der Waals surface area contributed by atoms with Gasteiger partial charge in [-0.3, -0.25) is 9.69 Å². The normalized spacial score (nSPS) is 18.6. The molecule has 130 valence electrons. The van der Waals surface area contributed by atoms with Gasteiger partial charge in [0, 0.05) is 17.8 Å². The van der Waals surface area contributed by atoms with Crippen LogP contribution in [0.3, 0.4) is 0 Å². The first kappa shape index (κ1) is 15.8. The van der Waals surface area contributed by atoms with Crippen LogP contribution < -0.4 is 19.5 Å². The summed E-state index contributed by atoms with van der Waals surface area (Å²) in [5.74, 6) is 1.76. The molecule has 0 fully saturated rings. The minimum atomic E-state index is -0.451. The summed E-state index contributed by atoms with van der Waals surface area (Å²) in [7, 11) is 3.54. The first-order chi connectivity index (χ1) is 12.2. The molecule has 1 atom stereocenters. The number of methoxy groups -OCH3 is 1. The van der Waals surface area contributed by atoms with Crippen molar-refractivity contribution in [3.05, 3.63) is 47.5 Å². The molecule has 6 nitrogen and oxygen atoms in total. The molecule has 0 spiro atoms. The van der Waals surface area contributed by atoms with Gasteiger partial charge in [0.25, 0.3) is 0 Å². The number of fused-ring (bicyclic) bond motifs is 2. The highest BCUT2D eigenvalue weighted by molar-refractivity contribution is 5.96. The van der Waals surface area contributed by atoms with Gasteiger partial charge in [-0.05, 0) is 37.2 Å². The number of rotatable bonds is 3. The van der Waals surface area contributed by atoms with Crippen molar-refractivity contribution in [2.45, 2.75) is 12.5 Å². The van der Waals surface area contributed by atoms with Crippen molar-refractivity contribution in [1.29, 1.82) is 0 Å². The van der Waals surface area contributed by atoms with Gasteiger partial charge in [-0.25, -0.2) is 0 Å². The number of likely N-dealkylation sites (N-methyl/N-ethyl adjacent to an activating group) is 1. The number of benzene rings is 2. The zero-order valence-electron chi connectivity index (χ0n) is 14.2.